The van der Waals surface area contributed by atoms with Gasteiger partial charge in [-0.25, -0.2) is 0 Å². The van der Waals surface area contributed by atoms with E-state index >= 15 is 0 Å². The zero-order valence-corrected chi connectivity index (χ0v) is 13.0. The molecule has 0 saturated heterocycles. The van der Waals surface area contributed by atoms with Gasteiger partial charge >= 0.3 is 5.97 Å². The van der Waals surface area contributed by atoms with E-state index in [0.717, 1.165) is 30.4 Å². The molecule has 1 N–H and O–H groups in total. The van der Waals surface area contributed by atoms with E-state index in [9.17, 15) is 9.90 Å². The van der Waals surface area contributed by atoms with Crippen LogP contribution < -0.4 is 4.74 Å². The van der Waals surface area contributed by atoms with Crippen LogP contribution >= 0.6 is 0 Å². The normalized spacial score (nSPS) is 24.6. The number of carbonyl (C=O) groups excluding carboxylic acids is 1. The molecule has 1 unspecified atom stereocenters. The highest BCUT2D eigenvalue weighted by Crippen LogP contribution is 2.56. The van der Waals surface area contributed by atoms with Crippen LogP contribution in [0.5, 0.6) is 11.5 Å². The molecule has 0 bridgehead atoms. The first-order chi connectivity index (χ1) is 9.17. The molecule has 0 radical (unpaired) electrons. The summed E-state index contributed by atoms with van der Waals surface area (Å²) in [4.78, 5) is 11.2. The number of rotatable bonds is 2. The molecule has 1 fully saturated rings. The van der Waals surface area contributed by atoms with Crippen molar-refractivity contribution in [3.05, 3.63) is 23.3 Å². The third-order valence-electron chi connectivity index (χ3n) is 5.11. The Bertz CT molecular complexity index is 545. The number of carbonyl (C=O) groups is 1. The molecular weight excluding hydrogens is 252 g/mol. The molecule has 1 aliphatic rings. The second-order valence-electron chi connectivity index (χ2n) is 6.80. The average Bonchev–Trinajstić information content (AvgIpc) is 2.57. The quantitative estimate of drug-likeness (QED) is 0.653. The highest BCUT2D eigenvalue weighted by atomic mass is 16.5. The molecule has 110 valence electrons. The van der Waals surface area contributed by atoms with Crippen molar-refractivity contribution < 1.29 is 14.6 Å². The number of esters is 1. The molecule has 1 aromatic rings. The van der Waals surface area contributed by atoms with E-state index in [2.05, 4.69) is 20.8 Å². The number of ether oxygens (including phenoxy) is 1. The minimum Gasteiger partial charge on any atom is -0.508 e. The monoisotopic (exact) mass is 276 g/mol. The van der Waals surface area contributed by atoms with Crippen molar-refractivity contribution in [1.82, 2.24) is 0 Å². The van der Waals surface area contributed by atoms with E-state index in [1.54, 1.807) is 6.07 Å². The molecule has 1 atom stereocenters. The molecule has 0 aromatic heterocycles. The van der Waals surface area contributed by atoms with Crippen LogP contribution in [0.1, 0.15) is 58.1 Å². The van der Waals surface area contributed by atoms with Gasteiger partial charge in [0.05, 0.1) is 0 Å². The molecule has 3 heteroatoms. The van der Waals surface area contributed by atoms with Gasteiger partial charge in [-0.05, 0) is 42.9 Å². The lowest BCUT2D eigenvalue weighted by molar-refractivity contribution is -0.131. The van der Waals surface area contributed by atoms with E-state index in [1.807, 2.05) is 13.0 Å². The molecule has 2 rings (SSSR count). The first-order valence-electron chi connectivity index (χ1n) is 7.20. The van der Waals surface area contributed by atoms with Gasteiger partial charge in [-0.2, -0.15) is 0 Å². The third kappa shape index (κ3) is 2.30. The van der Waals surface area contributed by atoms with Crippen molar-refractivity contribution in [2.75, 3.05) is 0 Å². The minimum absolute atomic E-state index is 0.0975. The van der Waals surface area contributed by atoms with E-state index in [0.29, 0.717) is 11.5 Å². The number of phenolic OH excluding ortho intramolecular Hbond substituents is 1. The smallest absolute Gasteiger partial charge is 0.308 e. The second kappa shape index (κ2) is 4.80. The van der Waals surface area contributed by atoms with Gasteiger partial charge < -0.3 is 9.84 Å². The summed E-state index contributed by atoms with van der Waals surface area (Å²) in [6.07, 6.45) is 3.33. The fourth-order valence-corrected chi connectivity index (χ4v) is 3.38. The van der Waals surface area contributed by atoms with Crippen LogP contribution in [0.3, 0.4) is 0 Å². The minimum atomic E-state index is -0.333. The Morgan fingerprint density at radius 1 is 1.25 bits per heavy atom. The Hall–Kier alpha value is -1.51. The van der Waals surface area contributed by atoms with Crippen LogP contribution in [0.2, 0.25) is 0 Å². The van der Waals surface area contributed by atoms with Gasteiger partial charge in [-0.3, -0.25) is 4.79 Å². The summed E-state index contributed by atoms with van der Waals surface area (Å²) in [6.45, 7) is 9.91. The van der Waals surface area contributed by atoms with Crippen LogP contribution in [-0.4, -0.2) is 11.1 Å². The second-order valence-corrected chi connectivity index (χ2v) is 6.80. The van der Waals surface area contributed by atoms with E-state index in [4.69, 9.17) is 4.74 Å². The Labute approximate surface area is 121 Å². The summed E-state index contributed by atoms with van der Waals surface area (Å²) in [5.74, 6) is 0.519. The lowest BCUT2D eigenvalue weighted by Crippen LogP contribution is -2.34. The number of phenols is 1. The number of aryl methyl sites for hydroxylation is 1. The average molecular weight is 276 g/mol. The van der Waals surface area contributed by atoms with Crippen LogP contribution in [-0.2, 0) is 10.2 Å². The lowest BCUT2D eigenvalue weighted by atomic mass is 9.65. The van der Waals surface area contributed by atoms with Gasteiger partial charge in [-0.15, -0.1) is 0 Å². The van der Waals surface area contributed by atoms with Crippen molar-refractivity contribution in [2.24, 2.45) is 5.41 Å². The highest BCUT2D eigenvalue weighted by molar-refractivity contribution is 5.70. The summed E-state index contributed by atoms with van der Waals surface area (Å²) in [5, 5.41) is 10.4. The van der Waals surface area contributed by atoms with Gasteiger partial charge in [0.15, 0.2) is 0 Å². The van der Waals surface area contributed by atoms with Crippen molar-refractivity contribution in [2.45, 2.75) is 59.3 Å². The summed E-state index contributed by atoms with van der Waals surface area (Å²) in [5.41, 5.74) is 1.69. The van der Waals surface area contributed by atoms with Crippen LogP contribution in [0.25, 0.3) is 0 Å². The summed E-state index contributed by atoms with van der Waals surface area (Å²) < 4.78 is 5.26. The Kier molecular flexibility index (Phi) is 3.57. The number of benzene rings is 1. The maximum absolute atomic E-state index is 11.2. The van der Waals surface area contributed by atoms with Crippen LogP contribution in [0, 0.1) is 12.3 Å². The first-order valence-corrected chi connectivity index (χ1v) is 7.20. The predicted molar refractivity (Wildman–Crippen MR) is 79.1 cm³/mol. The van der Waals surface area contributed by atoms with Crippen molar-refractivity contribution in [3.8, 4) is 11.5 Å². The molecule has 1 aromatic carbocycles. The Balaban J connectivity index is 2.54. The van der Waals surface area contributed by atoms with Crippen LogP contribution in [0.15, 0.2) is 12.1 Å². The zero-order valence-electron chi connectivity index (χ0n) is 13.0. The number of hydrogen-bond donors (Lipinski definition) is 1. The van der Waals surface area contributed by atoms with Crippen molar-refractivity contribution in [3.63, 3.8) is 0 Å². The van der Waals surface area contributed by atoms with Gasteiger partial charge in [0, 0.05) is 17.9 Å². The van der Waals surface area contributed by atoms with Crippen molar-refractivity contribution >= 4 is 5.97 Å². The third-order valence-corrected chi connectivity index (χ3v) is 5.11. The molecule has 3 nitrogen and oxygen atoms in total. The van der Waals surface area contributed by atoms with E-state index in [1.165, 1.54) is 6.92 Å². The van der Waals surface area contributed by atoms with Crippen LogP contribution in [0.4, 0.5) is 0 Å². The number of hydrogen-bond acceptors (Lipinski definition) is 3. The van der Waals surface area contributed by atoms with E-state index in [-0.39, 0.29) is 16.8 Å². The molecule has 1 aliphatic carbocycles. The summed E-state index contributed by atoms with van der Waals surface area (Å²) >= 11 is 0. The molecule has 0 amide bonds. The summed E-state index contributed by atoms with van der Waals surface area (Å²) in [7, 11) is 0. The fraction of sp³-hybridized carbons (Fsp3) is 0.588. The lowest BCUT2D eigenvalue weighted by Gasteiger charge is -2.39. The predicted octanol–water partition coefficient (Wildman–Crippen LogP) is 4.09. The SMILES string of the molecule is CC(=O)Oc1cc(C2(C)CCCC2(C)C)c(O)cc1C. The fourth-order valence-electron chi connectivity index (χ4n) is 3.38. The van der Waals surface area contributed by atoms with Gasteiger partial charge in [-0.1, -0.05) is 27.2 Å². The topological polar surface area (TPSA) is 46.5 Å². The molecule has 0 heterocycles. The Morgan fingerprint density at radius 3 is 2.40 bits per heavy atom. The molecule has 1 saturated carbocycles. The van der Waals surface area contributed by atoms with Gasteiger partial charge in [0.2, 0.25) is 0 Å². The molecule has 0 aliphatic heterocycles. The van der Waals surface area contributed by atoms with E-state index < -0.39 is 0 Å². The standard InChI is InChI=1S/C17H24O3/c1-11-9-14(19)13(10-15(11)20-12(2)18)17(5)8-6-7-16(17,3)4/h9-10,19H,6-8H2,1-5H3. The first kappa shape index (κ1) is 14.9. The van der Waals surface area contributed by atoms with Gasteiger partial charge in [0.25, 0.3) is 0 Å². The largest absolute Gasteiger partial charge is 0.508 e. The Morgan fingerprint density at radius 2 is 1.90 bits per heavy atom. The van der Waals surface area contributed by atoms with Gasteiger partial charge in [0.1, 0.15) is 11.5 Å². The zero-order chi connectivity index (χ0) is 15.1. The molecule has 0 spiro atoms. The summed E-state index contributed by atoms with van der Waals surface area (Å²) in [6, 6.07) is 3.55. The molecule has 20 heavy (non-hydrogen) atoms. The highest BCUT2D eigenvalue weighted by Gasteiger charge is 2.47. The number of aromatic hydroxyl groups is 1. The molecular formula is C17H24O3. The maximum atomic E-state index is 11.2. The van der Waals surface area contributed by atoms with Crippen molar-refractivity contribution in [1.29, 1.82) is 0 Å². The maximum Gasteiger partial charge on any atom is 0.308 e.